The van der Waals surface area contributed by atoms with Gasteiger partial charge >= 0.3 is 0 Å². The van der Waals surface area contributed by atoms with Crippen LogP contribution in [0, 0.1) is 12.3 Å². The van der Waals surface area contributed by atoms with E-state index in [9.17, 15) is 0 Å². The Balaban J connectivity index is 1.56. The average molecular weight is 354 g/mol. The topological polar surface area (TPSA) is 87.1 Å². The molecule has 0 unspecified atom stereocenters. The van der Waals surface area contributed by atoms with Crippen molar-refractivity contribution in [2.24, 2.45) is 5.41 Å². The normalized spacial score (nSPS) is 20.6. The van der Waals surface area contributed by atoms with E-state index in [-0.39, 0.29) is 17.4 Å². The second kappa shape index (κ2) is 6.32. The number of benzene rings is 1. The molecule has 3 heterocycles. The predicted molar refractivity (Wildman–Crippen MR) is 94.3 cm³/mol. The lowest BCUT2D eigenvalue weighted by molar-refractivity contribution is 0.0193. The van der Waals surface area contributed by atoms with Crippen molar-refractivity contribution >= 4 is 0 Å². The molecule has 1 aromatic carbocycles. The number of hydrogen-bond acceptors (Lipinski definition) is 7. The van der Waals surface area contributed by atoms with E-state index < -0.39 is 0 Å². The number of nitrogens with zero attached hydrogens (tertiary/aromatic N) is 4. The van der Waals surface area contributed by atoms with Crippen molar-refractivity contribution in [1.82, 2.24) is 20.3 Å². The van der Waals surface area contributed by atoms with Gasteiger partial charge < -0.3 is 13.8 Å². The van der Waals surface area contributed by atoms with Crippen molar-refractivity contribution in [1.29, 1.82) is 0 Å². The van der Waals surface area contributed by atoms with Crippen LogP contribution in [-0.2, 0) is 4.74 Å². The van der Waals surface area contributed by atoms with Crippen molar-refractivity contribution in [3.63, 3.8) is 0 Å². The molecule has 1 saturated heterocycles. The third-order valence-electron chi connectivity index (χ3n) is 4.63. The summed E-state index contributed by atoms with van der Waals surface area (Å²) >= 11 is 0. The highest BCUT2D eigenvalue weighted by molar-refractivity contribution is 5.61. The molecule has 0 spiro atoms. The van der Waals surface area contributed by atoms with Crippen LogP contribution < -0.4 is 0 Å². The first-order valence-corrected chi connectivity index (χ1v) is 8.78. The van der Waals surface area contributed by atoms with E-state index in [2.05, 4.69) is 41.1 Å². The lowest BCUT2D eigenvalue weighted by Crippen LogP contribution is -2.30. The van der Waals surface area contributed by atoms with Crippen LogP contribution in [-0.4, -0.2) is 33.0 Å². The maximum atomic E-state index is 5.92. The van der Waals surface area contributed by atoms with Crippen LogP contribution >= 0.6 is 0 Å². The van der Waals surface area contributed by atoms with Crippen molar-refractivity contribution in [2.45, 2.75) is 46.1 Å². The summed E-state index contributed by atoms with van der Waals surface area (Å²) in [7, 11) is 0. The van der Waals surface area contributed by atoms with Gasteiger partial charge in [-0.3, -0.25) is 0 Å². The van der Waals surface area contributed by atoms with E-state index in [4.69, 9.17) is 13.8 Å². The Bertz CT molecular complexity index is 892. The SMILES string of the molecule is Cc1noc(-c2ccc(-c3nc([C@H]4CCO[C@@H]4C(C)(C)C)no3)cc2)n1. The van der Waals surface area contributed by atoms with Crippen LogP contribution in [0.3, 0.4) is 0 Å². The molecule has 136 valence electrons. The number of aryl methyl sites for hydroxylation is 1. The molecule has 0 saturated carbocycles. The highest BCUT2D eigenvalue weighted by Crippen LogP contribution is 2.40. The molecule has 1 fully saturated rings. The molecule has 0 amide bonds. The fourth-order valence-corrected chi connectivity index (χ4v) is 3.38. The summed E-state index contributed by atoms with van der Waals surface area (Å²) in [6, 6.07) is 7.64. The van der Waals surface area contributed by atoms with Gasteiger partial charge in [-0.25, -0.2) is 0 Å². The summed E-state index contributed by atoms with van der Waals surface area (Å²) in [5.74, 6) is 2.49. The van der Waals surface area contributed by atoms with Crippen LogP contribution in [0.1, 0.15) is 44.8 Å². The molecule has 7 nitrogen and oxygen atoms in total. The van der Waals surface area contributed by atoms with E-state index in [0.29, 0.717) is 23.4 Å². The summed E-state index contributed by atoms with van der Waals surface area (Å²) in [6.45, 7) is 9.05. The molecule has 0 bridgehead atoms. The molecule has 3 aromatic rings. The highest BCUT2D eigenvalue weighted by atomic mass is 16.5. The summed E-state index contributed by atoms with van der Waals surface area (Å²) in [5, 5.41) is 8.02. The Morgan fingerprint density at radius 3 is 2.12 bits per heavy atom. The lowest BCUT2D eigenvalue weighted by atomic mass is 9.81. The first-order valence-electron chi connectivity index (χ1n) is 8.78. The minimum atomic E-state index is 0.0335. The molecule has 26 heavy (non-hydrogen) atoms. The number of ether oxygens (including phenoxy) is 1. The van der Waals surface area contributed by atoms with Gasteiger partial charge in [0.25, 0.3) is 11.8 Å². The maximum absolute atomic E-state index is 5.92. The molecule has 0 radical (unpaired) electrons. The Morgan fingerprint density at radius 1 is 0.923 bits per heavy atom. The molecule has 0 N–H and O–H groups in total. The van der Waals surface area contributed by atoms with Gasteiger partial charge in [0.2, 0.25) is 0 Å². The van der Waals surface area contributed by atoms with E-state index in [1.165, 1.54) is 0 Å². The van der Waals surface area contributed by atoms with Gasteiger partial charge in [0, 0.05) is 17.7 Å². The monoisotopic (exact) mass is 354 g/mol. The molecule has 4 rings (SSSR count). The summed E-state index contributed by atoms with van der Waals surface area (Å²) in [4.78, 5) is 8.85. The van der Waals surface area contributed by atoms with E-state index in [1.807, 2.05) is 24.3 Å². The zero-order valence-corrected chi connectivity index (χ0v) is 15.4. The van der Waals surface area contributed by atoms with E-state index >= 15 is 0 Å². The summed E-state index contributed by atoms with van der Waals surface area (Å²) < 4.78 is 16.6. The molecular formula is C19H22N4O3. The van der Waals surface area contributed by atoms with Crippen molar-refractivity contribution in [3.8, 4) is 22.9 Å². The summed E-state index contributed by atoms with van der Waals surface area (Å²) in [5.41, 5.74) is 1.74. The third kappa shape index (κ3) is 3.14. The zero-order valence-electron chi connectivity index (χ0n) is 15.4. The quantitative estimate of drug-likeness (QED) is 0.702. The number of aromatic nitrogens is 4. The first-order chi connectivity index (χ1) is 12.4. The maximum Gasteiger partial charge on any atom is 0.257 e. The minimum Gasteiger partial charge on any atom is -0.377 e. The Labute approximate surface area is 151 Å². The van der Waals surface area contributed by atoms with Gasteiger partial charge in [-0.15, -0.1) is 0 Å². The van der Waals surface area contributed by atoms with Gasteiger partial charge in [0.1, 0.15) is 0 Å². The Morgan fingerprint density at radius 2 is 1.54 bits per heavy atom. The molecule has 0 aliphatic carbocycles. The largest absolute Gasteiger partial charge is 0.377 e. The van der Waals surface area contributed by atoms with Crippen LogP contribution in [0.2, 0.25) is 0 Å². The first kappa shape index (κ1) is 16.9. The van der Waals surface area contributed by atoms with Crippen LogP contribution in [0.15, 0.2) is 33.3 Å². The van der Waals surface area contributed by atoms with E-state index in [1.54, 1.807) is 6.92 Å². The fraction of sp³-hybridized carbons (Fsp3) is 0.474. The second-order valence-corrected chi connectivity index (χ2v) is 7.73. The highest BCUT2D eigenvalue weighted by Gasteiger charge is 2.40. The zero-order chi connectivity index (χ0) is 18.3. The summed E-state index contributed by atoms with van der Waals surface area (Å²) in [6.07, 6.45) is 1.01. The van der Waals surface area contributed by atoms with Gasteiger partial charge in [-0.05, 0) is 43.0 Å². The van der Waals surface area contributed by atoms with Crippen molar-refractivity contribution in [3.05, 3.63) is 35.9 Å². The smallest absolute Gasteiger partial charge is 0.257 e. The fourth-order valence-electron chi connectivity index (χ4n) is 3.38. The molecular weight excluding hydrogens is 332 g/mol. The van der Waals surface area contributed by atoms with E-state index in [0.717, 1.165) is 24.2 Å². The van der Waals surface area contributed by atoms with Gasteiger partial charge in [-0.1, -0.05) is 31.1 Å². The molecule has 2 aromatic heterocycles. The molecule has 1 aliphatic heterocycles. The van der Waals surface area contributed by atoms with Crippen LogP contribution in [0.5, 0.6) is 0 Å². The third-order valence-corrected chi connectivity index (χ3v) is 4.63. The molecule has 2 atom stereocenters. The molecule has 1 aliphatic rings. The van der Waals surface area contributed by atoms with Crippen LogP contribution in [0.4, 0.5) is 0 Å². The standard InChI is InChI=1S/C19H22N4O3/c1-11-20-17(25-22-11)12-5-7-13(8-6-12)18-21-16(23-26-18)14-9-10-24-15(14)19(2,3)4/h5-8,14-15H,9-10H2,1-4H3/t14-,15-/m0/s1. The predicted octanol–water partition coefficient (Wildman–Crippen LogP) is 4.01. The van der Waals surface area contributed by atoms with Crippen molar-refractivity contribution in [2.75, 3.05) is 6.61 Å². The Hall–Kier alpha value is -2.54. The van der Waals surface area contributed by atoms with Gasteiger partial charge in [-0.2, -0.15) is 9.97 Å². The van der Waals surface area contributed by atoms with Gasteiger partial charge in [0.05, 0.1) is 12.0 Å². The minimum absolute atomic E-state index is 0.0335. The average Bonchev–Trinajstić information content (AvgIpc) is 3.34. The number of hydrogen-bond donors (Lipinski definition) is 0. The Kier molecular flexibility index (Phi) is 4.11. The van der Waals surface area contributed by atoms with Crippen molar-refractivity contribution < 1.29 is 13.8 Å². The number of rotatable bonds is 3. The second-order valence-electron chi connectivity index (χ2n) is 7.73. The molecule has 7 heteroatoms. The van der Waals surface area contributed by atoms with Crippen LogP contribution in [0.25, 0.3) is 22.9 Å². The van der Waals surface area contributed by atoms with Gasteiger partial charge in [0.15, 0.2) is 11.6 Å². The lowest BCUT2D eigenvalue weighted by Gasteiger charge is -2.29.